The predicted octanol–water partition coefficient (Wildman–Crippen LogP) is 1.58. The zero-order valence-corrected chi connectivity index (χ0v) is 11.6. The lowest BCUT2D eigenvalue weighted by Crippen LogP contribution is -2.56. The summed E-state index contributed by atoms with van der Waals surface area (Å²) in [6.45, 7) is 9.68. The van der Waals surface area contributed by atoms with Gasteiger partial charge in [-0.1, -0.05) is 0 Å². The topological polar surface area (TPSA) is 45.2 Å². The Labute approximate surface area is 106 Å². The minimum atomic E-state index is 0.133. The largest absolute Gasteiger partial charge is 0.332 e. The van der Waals surface area contributed by atoms with E-state index >= 15 is 0 Å². The molecule has 2 atom stereocenters. The van der Waals surface area contributed by atoms with E-state index in [9.17, 15) is 4.79 Å². The molecular weight excluding hydrogens is 234 g/mol. The van der Waals surface area contributed by atoms with Gasteiger partial charge in [-0.25, -0.2) is 4.98 Å². The van der Waals surface area contributed by atoms with E-state index in [2.05, 4.69) is 24.1 Å². The molecule has 1 saturated heterocycles. The van der Waals surface area contributed by atoms with Gasteiger partial charge in [0, 0.05) is 25.2 Å². The summed E-state index contributed by atoms with van der Waals surface area (Å²) < 4.78 is 0. The number of hydrogen-bond donors (Lipinski definition) is 1. The average Bonchev–Trinajstić information content (AvgIpc) is 2.60. The molecular formula is C12H19N3OS. The van der Waals surface area contributed by atoms with Crippen molar-refractivity contribution in [2.75, 3.05) is 13.1 Å². The SMILES string of the molecule is Cc1nc(C)c(C(=O)N2CC(C)NCC2C)s1. The minimum Gasteiger partial charge on any atom is -0.332 e. The monoisotopic (exact) mass is 253 g/mol. The number of nitrogens with one attached hydrogen (secondary N) is 1. The molecule has 1 fully saturated rings. The van der Waals surface area contributed by atoms with Crippen molar-refractivity contribution >= 4 is 17.2 Å². The Hall–Kier alpha value is -0.940. The first-order valence-electron chi connectivity index (χ1n) is 5.97. The molecule has 94 valence electrons. The molecule has 0 bridgehead atoms. The van der Waals surface area contributed by atoms with Crippen LogP contribution in [-0.4, -0.2) is 41.0 Å². The molecule has 1 amide bonds. The molecule has 0 spiro atoms. The van der Waals surface area contributed by atoms with Gasteiger partial charge in [0.15, 0.2) is 0 Å². The molecule has 1 aliphatic rings. The Balaban J connectivity index is 2.21. The van der Waals surface area contributed by atoms with E-state index in [1.165, 1.54) is 11.3 Å². The van der Waals surface area contributed by atoms with E-state index in [0.29, 0.717) is 6.04 Å². The van der Waals surface area contributed by atoms with Crippen LogP contribution in [0.15, 0.2) is 0 Å². The Morgan fingerprint density at radius 2 is 2.18 bits per heavy atom. The Morgan fingerprint density at radius 1 is 1.47 bits per heavy atom. The van der Waals surface area contributed by atoms with Crippen LogP contribution >= 0.6 is 11.3 Å². The third-order valence-corrected chi connectivity index (χ3v) is 4.18. The second-order valence-corrected chi connectivity index (χ2v) is 5.97. The van der Waals surface area contributed by atoms with Gasteiger partial charge in [-0.3, -0.25) is 4.79 Å². The van der Waals surface area contributed by atoms with Crippen molar-refractivity contribution in [1.82, 2.24) is 15.2 Å². The van der Waals surface area contributed by atoms with Crippen molar-refractivity contribution in [3.8, 4) is 0 Å². The minimum absolute atomic E-state index is 0.133. The number of piperazine rings is 1. The number of thiazole rings is 1. The highest BCUT2D eigenvalue weighted by atomic mass is 32.1. The van der Waals surface area contributed by atoms with Gasteiger partial charge in [-0.15, -0.1) is 11.3 Å². The van der Waals surface area contributed by atoms with Crippen LogP contribution in [0.25, 0.3) is 0 Å². The summed E-state index contributed by atoms with van der Waals surface area (Å²) >= 11 is 1.50. The number of carbonyl (C=O) groups excluding carboxylic acids is 1. The van der Waals surface area contributed by atoms with Crippen molar-refractivity contribution in [3.63, 3.8) is 0 Å². The van der Waals surface area contributed by atoms with Crippen LogP contribution < -0.4 is 5.32 Å². The first-order valence-corrected chi connectivity index (χ1v) is 6.79. The van der Waals surface area contributed by atoms with E-state index < -0.39 is 0 Å². The third-order valence-electron chi connectivity index (χ3n) is 3.12. The Bertz CT molecular complexity index is 429. The van der Waals surface area contributed by atoms with Crippen LogP contribution in [0.1, 0.15) is 34.2 Å². The molecule has 0 radical (unpaired) electrons. The Kier molecular flexibility index (Phi) is 3.49. The highest BCUT2D eigenvalue weighted by molar-refractivity contribution is 7.13. The highest BCUT2D eigenvalue weighted by Gasteiger charge is 2.29. The van der Waals surface area contributed by atoms with Crippen molar-refractivity contribution in [2.45, 2.75) is 39.8 Å². The zero-order valence-electron chi connectivity index (χ0n) is 10.8. The first kappa shape index (κ1) is 12.5. The van der Waals surface area contributed by atoms with Gasteiger partial charge in [-0.05, 0) is 27.7 Å². The van der Waals surface area contributed by atoms with Crippen LogP contribution in [-0.2, 0) is 0 Å². The number of nitrogens with zero attached hydrogens (tertiary/aromatic N) is 2. The van der Waals surface area contributed by atoms with E-state index in [0.717, 1.165) is 28.7 Å². The molecule has 1 aromatic rings. The number of aromatic nitrogens is 1. The van der Waals surface area contributed by atoms with Crippen LogP contribution in [0.4, 0.5) is 0 Å². The number of hydrogen-bond acceptors (Lipinski definition) is 4. The number of carbonyl (C=O) groups is 1. The molecule has 2 rings (SSSR count). The van der Waals surface area contributed by atoms with Crippen molar-refractivity contribution in [3.05, 3.63) is 15.6 Å². The van der Waals surface area contributed by atoms with Crippen LogP contribution in [0.2, 0.25) is 0 Å². The molecule has 0 aliphatic carbocycles. The second kappa shape index (κ2) is 4.74. The third kappa shape index (κ3) is 2.50. The van der Waals surface area contributed by atoms with Gasteiger partial charge < -0.3 is 10.2 Å². The molecule has 0 saturated carbocycles. The zero-order chi connectivity index (χ0) is 12.6. The maximum atomic E-state index is 12.5. The van der Waals surface area contributed by atoms with Crippen LogP contribution in [0, 0.1) is 13.8 Å². The van der Waals surface area contributed by atoms with E-state index in [4.69, 9.17) is 0 Å². The summed E-state index contributed by atoms with van der Waals surface area (Å²) in [6.07, 6.45) is 0. The number of rotatable bonds is 1. The fourth-order valence-electron chi connectivity index (χ4n) is 2.16. The summed E-state index contributed by atoms with van der Waals surface area (Å²) in [6, 6.07) is 0.616. The Morgan fingerprint density at radius 3 is 2.76 bits per heavy atom. The molecule has 2 heterocycles. The van der Waals surface area contributed by atoms with Gasteiger partial charge in [-0.2, -0.15) is 0 Å². The van der Waals surface area contributed by atoms with Gasteiger partial charge in [0.2, 0.25) is 0 Å². The summed E-state index contributed by atoms with van der Waals surface area (Å²) in [5.74, 6) is 0.133. The average molecular weight is 253 g/mol. The maximum Gasteiger partial charge on any atom is 0.266 e. The van der Waals surface area contributed by atoms with Crippen molar-refractivity contribution in [1.29, 1.82) is 0 Å². The number of amides is 1. The fraction of sp³-hybridized carbons (Fsp3) is 0.667. The maximum absolute atomic E-state index is 12.5. The summed E-state index contributed by atoms with van der Waals surface area (Å²) in [5, 5.41) is 4.34. The highest BCUT2D eigenvalue weighted by Crippen LogP contribution is 2.21. The predicted molar refractivity (Wildman–Crippen MR) is 69.6 cm³/mol. The van der Waals surface area contributed by atoms with Gasteiger partial charge in [0.1, 0.15) is 4.88 Å². The standard InChI is InChI=1S/C12H19N3OS/c1-7-6-15(8(2)5-13-7)12(16)11-9(3)14-10(4)17-11/h7-8,13H,5-6H2,1-4H3. The number of aryl methyl sites for hydroxylation is 2. The van der Waals surface area contributed by atoms with Crippen LogP contribution in [0.5, 0.6) is 0 Å². The van der Waals surface area contributed by atoms with Gasteiger partial charge >= 0.3 is 0 Å². The molecule has 1 N–H and O–H groups in total. The molecule has 1 aromatic heterocycles. The lowest BCUT2D eigenvalue weighted by molar-refractivity contribution is 0.0620. The van der Waals surface area contributed by atoms with E-state index in [1.54, 1.807) is 0 Å². The molecule has 4 nitrogen and oxygen atoms in total. The quantitative estimate of drug-likeness (QED) is 0.826. The fourth-order valence-corrected chi connectivity index (χ4v) is 3.04. The second-order valence-electron chi connectivity index (χ2n) is 4.76. The summed E-state index contributed by atoms with van der Waals surface area (Å²) in [4.78, 5) is 19.5. The molecule has 17 heavy (non-hydrogen) atoms. The molecule has 2 unspecified atom stereocenters. The first-order chi connectivity index (χ1) is 7.99. The summed E-state index contributed by atoms with van der Waals surface area (Å²) in [7, 11) is 0. The van der Waals surface area contributed by atoms with Crippen molar-refractivity contribution in [2.24, 2.45) is 0 Å². The molecule has 5 heteroatoms. The van der Waals surface area contributed by atoms with Crippen LogP contribution in [0.3, 0.4) is 0 Å². The van der Waals surface area contributed by atoms with E-state index in [-0.39, 0.29) is 11.9 Å². The summed E-state index contributed by atoms with van der Waals surface area (Å²) in [5.41, 5.74) is 0.857. The lowest BCUT2D eigenvalue weighted by Gasteiger charge is -2.37. The van der Waals surface area contributed by atoms with Gasteiger partial charge in [0.25, 0.3) is 5.91 Å². The smallest absolute Gasteiger partial charge is 0.266 e. The normalized spacial score (nSPS) is 25.1. The van der Waals surface area contributed by atoms with E-state index in [1.807, 2.05) is 18.7 Å². The van der Waals surface area contributed by atoms with Crippen molar-refractivity contribution < 1.29 is 4.79 Å². The van der Waals surface area contributed by atoms with Gasteiger partial charge in [0.05, 0.1) is 10.7 Å². The molecule has 0 aromatic carbocycles. The lowest BCUT2D eigenvalue weighted by atomic mass is 10.1. The molecule has 1 aliphatic heterocycles.